The Balaban J connectivity index is 0.00000225. The Kier molecular flexibility index (Phi) is 5.27. The minimum Gasteiger partial charge on any atom is -0.468 e. The van der Waals surface area contributed by atoms with Gasteiger partial charge in [-0.25, -0.2) is 0 Å². The Morgan fingerprint density at radius 1 is 1.31 bits per heavy atom. The van der Waals surface area contributed by atoms with Gasteiger partial charge in [0, 0.05) is 0 Å². The fourth-order valence-corrected chi connectivity index (χ4v) is 2.41. The van der Waals surface area contributed by atoms with E-state index in [2.05, 4.69) is 20.8 Å². The van der Waals surface area contributed by atoms with Gasteiger partial charge in [0.1, 0.15) is 5.54 Å². The highest BCUT2D eigenvalue weighted by Crippen LogP contribution is 2.40. The van der Waals surface area contributed by atoms with Crippen LogP contribution in [0.5, 0.6) is 0 Å². The minimum absolute atomic E-state index is 0. The molecule has 0 atom stereocenters. The molecule has 1 aliphatic carbocycles. The lowest BCUT2D eigenvalue weighted by Crippen LogP contribution is -2.52. The lowest BCUT2D eigenvalue weighted by Gasteiger charge is -2.40. The van der Waals surface area contributed by atoms with Crippen LogP contribution >= 0.6 is 12.4 Å². The van der Waals surface area contributed by atoms with Crippen molar-refractivity contribution < 1.29 is 9.53 Å². The van der Waals surface area contributed by atoms with Crippen molar-refractivity contribution >= 4 is 18.4 Å². The first-order valence-electron chi connectivity index (χ1n) is 5.67. The van der Waals surface area contributed by atoms with E-state index in [1.54, 1.807) is 0 Å². The van der Waals surface area contributed by atoms with Crippen LogP contribution in [0.1, 0.15) is 46.5 Å². The smallest absolute Gasteiger partial charge is 0.325 e. The molecule has 0 aromatic heterocycles. The summed E-state index contributed by atoms with van der Waals surface area (Å²) in [6, 6.07) is 0. The molecule has 16 heavy (non-hydrogen) atoms. The van der Waals surface area contributed by atoms with Gasteiger partial charge >= 0.3 is 5.97 Å². The maximum absolute atomic E-state index is 11.5. The second-order valence-corrected chi connectivity index (χ2v) is 5.79. The number of hydrogen-bond acceptors (Lipinski definition) is 3. The zero-order chi connectivity index (χ0) is 11.7. The molecule has 96 valence electrons. The molecule has 0 aromatic carbocycles. The molecule has 0 radical (unpaired) electrons. The highest BCUT2D eigenvalue weighted by Gasteiger charge is 2.41. The average molecular weight is 250 g/mol. The molecule has 0 aromatic rings. The van der Waals surface area contributed by atoms with Crippen molar-refractivity contribution in [3.8, 4) is 0 Å². The number of methoxy groups -OCH3 is 1. The van der Waals surface area contributed by atoms with Crippen LogP contribution in [0.3, 0.4) is 0 Å². The van der Waals surface area contributed by atoms with Crippen molar-refractivity contribution in [3.63, 3.8) is 0 Å². The molecule has 0 bridgehead atoms. The van der Waals surface area contributed by atoms with Gasteiger partial charge < -0.3 is 10.5 Å². The summed E-state index contributed by atoms with van der Waals surface area (Å²) in [5.41, 5.74) is 5.64. The molecule has 0 aliphatic heterocycles. The van der Waals surface area contributed by atoms with Crippen molar-refractivity contribution in [2.75, 3.05) is 7.11 Å². The summed E-state index contributed by atoms with van der Waals surface area (Å²) in [6.45, 7) is 6.75. The van der Waals surface area contributed by atoms with E-state index in [0.717, 1.165) is 25.7 Å². The van der Waals surface area contributed by atoms with Crippen LogP contribution in [-0.2, 0) is 9.53 Å². The summed E-state index contributed by atoms with van der Waals surface area (Å²) in [7, 11) is 1.41. The number of carbonyl (C=O) groups excluding carboxylic acids is 1. The predicted octanol–water partition coefficient (Wildman–Crippen LogP) is 2.52. The average Bonchev–Trinajstić information content (AvgIpc) is 2.15. The molecule has 1 rings (SSSR count). The Morgan fingerprint density at radius 2 is 1.75 bits per heavy atom. The molecule has 2 N–H and O–H groups in total. The van der Waals surface area contributed by atoms with Crippen LogP contribution in [-0.4, -0.2) is 18.6 Å². The molecule has 0 spiro atoms. The van der Waals surface area contributed by atoms with E-state index in [4.69, 9.17) is 10.5 Å². The van der Waals surface area contributed by atoms with Crippen molar-refractivity contribution in [3.05, 3.63) is 0 Å². The van der Waals surface area contributed by atoms with Gasteiger partial charge in [-0.3, -0.25) is 4.79 Å². The Bertz CT molecular complexity index is 240. The van der Waals surface area contributed by atoms with Gasteiger partial charge in [-0.1, -0.05) is 20.8 Å². The third-order valence-corrected chi connectivity index (χ3v) is 3.69. The van der Waals surface area contributed by atoms with Crippen LogP contribution in [0.2, 0.25) is 0 Å². The number of halogens is 1. The molecule has 4 heteroatoms. The topological polar surface area (TPSA) is 52.3 Å². The molecule has 1 fully saturated rings. The highest BCUT2D eigenvalue weighted by molar-refractivity contribution is 5.85. The largest absolute Gasteiger partial charge is 0.468 e. The van der Waals surface area contributed by atoms with Crippen molar-refractivity contribution in [2.45, 2.75) is 52.0 Å². The second kappa shape index (κ2) is 5.37. The van der Waals surface area contributed by atoms with Gasteiger partial charge in [-0.05, 0) is 37.0 Å². The molecule has 1 saturated carbocycles. The number of esters is 1. The highest BCUT2D eigenvalue weighted by atomic mass is 35.5. The zero-order valence-corrected chi connectivity index (χ0v) is 11.5. The first-order valence-corrected chi connectivity index (χ1v) is 5.67. The van der Waals surface area contributed by atoms with Gasteiger partial charge in [-0.15, -0.1) is 12.4 Å². The van der Waals surface area contributed by atoms with Crippen molar-refractivity contribution in [2.24, 2.45) is 17.1 Å². The lowest BCUT2D eigenvalue weighted by molar-refractivity contribution is -0.149. The van der Waals surface area contributed by atoms with Gasteiger partial charge in [-0.2, -0.15) is 0 Å². The Hall–Kier alpha value is -0.280. The van der Waals surface area contributed by atoms with Gasteiger partial charge in [0.15, 0.2) is 0 Å². The molecule has 1 aliphatic rings. The summed E-state index contributed by atoms with van der Waals surface area (Å²) in [6.07, 6.45) is 3.55. The first-order chi connectivity index (χ1) is 6.79. The van der Waals surface area contributed by atoms with E-state index in [1.807, 2.05) is 0 Å². The van der Waals surface area contributed by atoms with Crippen molar-refractivity contribution in [1.82, 2.24) is 0 Å². The van der Waals surface area contributed by atoms with Crippen LogP contribution in [0.25, 0.3) is 0 Å². The maximum atomic E-state index is 11.5. The van der Waals surface area contributed by atoms with Crippen LogP contribution in [0, 0.1) is 11.3 Å². The number of ether oxygens (including phenoxy) is 1. The second-order valence-electron chi connectivity index (χ2n) is 5.79. The molecule has 0 saturated heterocycles. The summed E-state index contributed by atoms with van der Waals surface area (Å²) >= 11 is 0. The summed E-state index contributed by atoms with van der Waals surface area (Å²) < 4.78 is 4.75. The number of rotatable bonds is 1. The summed E-state index contributed by atoms with van der Waals surface area (Å²) in [4.78, 5) is 11.5. The molecule has 3 nitrogen and oxygen atoms in total. The van der Waals surface area contributed by atoms with Gasteiger partial charge in [0.25, 0.3) is 0 Å². The van der Waals surface area contributed by atoms with Gasteiger partial charge in [0.05, 0.1) is 7.11 Å². The van der Waals surface area contributed by atoms with Crippen molar-refractivity contribution in [1.29, 1.82) is 0 Å². The third-order valence-electron chi connectivity index (χ3n) is 3.69. The number of carbonyl (C=O) groups is 1. The first kappa shape index (κ1) is 15.7. The van der Waals surface area contributed by atoms with Crippen LogP contribution < -0.4 is 5.73 Å². The standard InChI is InChI=1S/C12H23NO2.ClH/c1-11(2,3)9-5-7-12(13,8-6-9)10(14)15-4;/h9H,5-8,13H2,1-4H3;1H. The molecule has 0 unspecified atom stereocenters. The summed E-state index contributed by atoms with van der Waals surface area (Å²) in [5, 5.41) is 0. The predicted molar refractivity (Wildman–Crippen MR) is 67.6 cm³/mol. The molecular weight excluding hydrogens is 226 g/mol. The third kappa shape index (κ3) is 3.36. The maximum Gasteiger partial charge on any atom is 0.325 e. The fourth-order valence-electron chi connectivity index (χ4n) is 2.41. The van der Waals surface area contributed by atoms with E-state index in [-0.39, 0.29) is 18.4 Å². The Morgan fingerprint density at radius 3 is 2.06 bits per heavy atom. The minimum atomic E-state index is -0.726. The number of nitrogens with two attached hydrogens (primary N) is 1. The number of hydrogen-bond donors (Lipinski definition) is 1. The van der Waals surface area contributed by atoms with E-state index in [1.165, 1.54) is 7.11 Å². The van der Waals surface area contributed by atoms with Crippen LogP contribution in [0.4, 0.5) is 0 Å². The SMILES string of the molecule is COC(=O)C1(N)CCC(C(C)(C)C)CC1.Cl. The molecular formula is C12H24ClNO2. The van der Waals surface area contributed by atoms with E-state index in [9.17, 15) is 4.79 Å². The summed E-state index contributed by atoms with van der Waals surface area (Å²) in [5.74, 6) is 0.411. The van der Waals surface area contributed by atoms with E-state index >= 15 is 0 Å². The fraction of sp³-hybridized carbons (Fsp3) is 0.917. The molecule has 0 amide bonds. The zero-order valence-electron chi connectivity index (χ0n) is 10.7. The van der Waals surface area contributed by atoms with Gasteiger partial charge in [0.2, 0.25) is 0 Å². The Labute approximate surface area is 105 Å². The monoisotopic (exact) mass is 249 g/mol. The quantitative estimate of drug-likeness (QED) is 0.727. The van der Waals surface area contributed by atoms with Crippen LogP contribution in [0.15, 0.2) is 0 Å². The normalized spacial score (nSPS) is 30.4. The van der Waals surface area contributed by atoms with E-state index in [0.29, 0.717) is 11.3 Å². The molecule has 0 heterocycles. The van der Waals surface area contributed by atoms with E-state index < -0.39 is 5.54 Å². The lowest BCUT2D eigenvalue weighted by atomic mass is 9.67.